The fraction of sp³-hybridized carbons (Fsp3) is 0.600. The van der Waals surface area contributed by atoms with Crippen LogP contribution in [-0.2, 0) is 16.2 Å². The van der Waals surface area contributed by atoms with Crippen LogP contribution in [0.15, 0.2) is 23.8 Å². The molecular formula is C25H37IN2O7. The van der Waals surface area contributed by atoms with Crippen LogP contribution in [0.3, 0.4) is 0 Å². The van der Waals surface area contributed by atoms with E-state index in [0.29, 0.717) is 38.7 Å². The molecule has 10 heteroatoms. The number of amides is 2. The Morgan fingerprint density at radius 3 is 2.57 bits per heavy atom. The van der Waals surface area contributed by atoms with Gasteiger partial charge in [-0.2, -0.15) is 0 Å². The molecule has 0 spiro atoms. The van der Waals surface area contributed by atoms with Gasteiger partial charge in [0, 0.05) is 31.5 Å². The molecule has 1 aliphatic rings. The molecule has 4 N–H and O–H groups in total. The number of carbonyl (C=O) groups excluding carboxylic acids is 2. The molecular weight excluding hydrogens is 567 g/mol. The van der Waals surface area contributed by atoms with Gasteiger partial charge in [0.1, 0.15) is 12.2 Å². The van der Waals surface area contributed by atoms with Crippen molar-refractivity contribution in [1.29, 1.82) is 0 Å². The van der Waals surface area contributed by atoms with E-state index in [2.05, 4.69) is 41.8 Å². The third-order valence-electron chi connectivity index (χ3n) is 5.91. The Hall–Kier alpha value is -1.89. The third kappa shape index (κ3) is 7.80. The van der Waals surface area contributed by atoms with Crippen molar-refractivity contribution < 1.29 is 34.4 Å². The smallest absolute Gasteiger partial charge is 0.247 e. The van der Waals surface area contributed by atoms with Crippen molar-refractivity contribution in [2.75, 3.05) is 26.8 Å². The minimum Gasteiger partial charge on any atom is -0.493 e. The second kappa shape index (κ2) is 14.0. The highest BCUT2D eigenvalue weighted by atomic mass is 127. The average molecular weight is 604 g/mol. The first-order valence-electron chi connectivity index (χ1n) is 11.9. The molecule has 0 aliphatic heterocycles. The van der Waals surface area contributed by atoms with Crippen LogP contribution in [0.2, 0.25) is 0 Å². The van der Waals surface area contributed by atoms with Gasteiger partial charge in [-0.25, -0.2) is 0 Å². The Bertz CT molecular complexity index is 906. The number of benzene rings is 1. The van der Waals surface area contributed by atoms with Crippen molar-refractivity contribution in [2.24, 2.45) is 5.92 Å². The summed E-state index contributed by atoms with van der Waals surface area (Å²) in [5.41, 5.74) is 1.02. The van der Waals surface area contributed by atoms with Crippen LogP contribution in [0, 0.1) is 9.49 Å². The number of ether oxygens (including phenoxy) is 2. The van der Waals surface area contributed by atoms with Crippen LogP contribution in [-0.4, -0.2) is 77.1 Å². The number of nitrogens with one attached hydrogen (secondary N) is 1. The maximum atomic E-state index is 12.9. The zero-order chi connectivity index (χ0) is 26.1. The summed E-state index contributed by atoms with van der Waals surface area (Å²) in [4.78, 5) is 27.4. The van der Waals surface area contributed by atoms with E-state index in [1.165, 1.54) is 7.11 Å². The highest BCUT2D eigenvalue weighted by Crippen LogP contribution is 2.37. The first kappa shape index (κ1) is 29.3. The van der Waals surface area contributed by atoms with E-state index in [1.807, 2.05) is 0 Å². The first-order chi connectivity index (χ1) is 16.7. The monoisotopic (exact) mass is 604 g/mol. The molecule has 0 saturated carbocycles. The van der Waals surface area contributed by atoms with Gasteiger partial charge in [-0.15, -0.1) is 0 Å². The number of carbonyl (C=O) groups is 2. The van der Waals surface area contributed by atoms with Gasteiger partial charge in [-0.1, -0.05) is 20.8 Å². The lowest BCUT2D eigenvalue weighted by atomic mass is 9.87. The summed E-state index contributed by atoms with van der Waals surface area (Å²) in [7, 11) is 1.48. The highest BCUT2D eigenvalue weighted by molar-refractivity contribution is 14.1. The summed E-state index contributed by atoms with van der Waals surface area (Å²) in [6.45, 7) is 6.08. The van der Waals surface area contributed by atoms with Gasteiger partial charge >= 0.3 is 0 Å². The zero-order valence-corrected chi connectivity index (χ0v) is 22.9. The quantitative estimate of drug-likeness (QED) is 0.269. The molecule has 0 bridgehead atoms. The van der Waals surface area contributed by atoms with E-state index in [-0.39, 0.29) is 44.4 Å². The number of aliphatic hydroxyl groups excluding tert-OH is 3. The molecule has 0 unspecified atom stereocenters. The molecule has 196 valence electrons. The van der Waals surface area contributed by atoms with Crippen molar-refractivity contribution in [3.63, 3.8) is 0 Å². The van der Waals surface area contributed by atoms with Crippen molar-refractivity contribution in [3.8, 4) is 11.5 Å². The van der Waals surface area contributed by atoms with Crippen LogP contribution < -0.4 is 14.8 Å². The van der Waals surface area contributed by atoms with Crippen molar-refractivity contribution >= 4 is 34.4 Å². The minimum atomic E-state index is -1.09. The third-order valence-corrected chi connectivity index (χ3v) is 6.71. The fourth-order valence-corrected chi connectivity index (χ4v) is 4.76. The van der Waals surface area contributed by atoms with Gasteiger partial charge in [0.15, 0.2) is 11.5 Å². The van der Waals surface area contributed by atoms with Gasteiger partial charge in [-0.3, -0.25) is 9.59 Å². The van der Waals surface area contributed by atoms with Gasteiger partial charge in [0.25, 0.3) is 0 Å². The maximum Gasteiger partial charge on any atom is 0.247 e. The average Bonchev–Trinajstić information content (AvgIpc) is 2.84. The van der Waals surface area contributed by atoms with E-state index >= 15 is 0 Å². The second-order valence-electron chi connectivity index (χ2n) is 8.91. The molecule has 1 aromatic carbocycles. The van der Waals surface area contributed by atoms with E-state index in [4.69, 9.17) is 14.6 Å². The number of methoxy groups -OCH3 is 1. The van der Waals surface area contributed by atoms with E-state index < -0.39 is 18.2 Å². The Balaban J connectivity index is 2.48. The van der Waals surface area contributed by atoms with Crippen LogP contribution in [0.1, 0.15) is 45.6 Å². The summed E-state index contributed by atoms with van der Waals surface area (Å²) in [6.07, 6.45) is 0.740. The summed E-state index contributed by atoms with van der Waals surface area (Å²) in [5, 5.41) is 32.7. The lowest BCUT2D eigenvalue weighted by Crippen LogP contribution is -2.55. The number of aliphatic hydroxyl groups is 3. The molecule has 0 saturated heterocycles. The summed E-state index contributed by atoms with van der Waals surface area (Å²) < 4.78 is 12.3. The number of hydrogen-bond acceptors (Lipinski definition) is 7. The van der Waals surface area contributed by atoms with Crippen LogP contribution in [0.4, 0.5) is 0 Å². The number of rotatable bonds is 12. The van der Waals surface area contributed by atoms with Gasteiger partial charge in [0.2, 0.25) is 11.8 Å². The molecule has 1 aromatic rings. The Morgan fingerprint density at radius 1 is 1.29 bits per heavy atom. The lowest BCUT2D eigenvalue weighted by molar-refractivity contribution is -0.138. The predicted molar refractivity (Wildman–Crippen MR) is 140 cm³/mol. The van der Waals surface area contributed by atoms with Gasteiger partial charge in [0.05, 0.1) is 29.9 Å². The molecule has 0 fully saturated rings. The maximum absolute atomic E-state index is 12.9. The number of nitrogens with zero attached hydrogens (tertiary/aromatic N) is 1. The van der Waals surface area contributed by atoms with Crippen LogP contribution >= 0.6 is 22.6 Å². The summed E-state index contributed by atoms with van der Waals surface area (Å²) >= 11 is 2.06. The molecule has 2 amide bonds. The van der Waals surface area contributed by atoms with E-state index in [9.17, 15) is 19.8 Å². The molecule has 9 nitrogen and oxygen atoms in total. The molecule has 2 rings (SSSR count). The number of halogens is 1. The molecule has 35 heavy (non-hydrogen) atoms. The zero-order valence-electron chi connectivity index (χ0n) is 20.8. The van der Waals surface area contributed by atoms with Crippen molar-refractivity contribution in [1.82, 2.24) is 10.2 Å². The standard InChI is InChI=1S/C25H37IN2O7/c1-5-22(31)28(8-6-15(2)3)19-12-17(25(33)27-7-9-29)13-20(23(19)32)35-24-18(26)10-16(14-30)11-21(24)34-4/h10-11,13,15,19-20,23,29-30,32H,5-9,12,14H2,1-4H3,(H,27,33)/t19-,20+,23+/m1/s1. The van der Waals surface area contributed by atoms with Crippen LogP contribution in [0.25, 0.3) is 0 Å². The highest BCUT2D eigenvalue weighted by Gasteiger charge is 2.40. The topological polar surface area (TPSA) is 129 Å². The Kier molecular flexibility index (Phi) is 11.7. The largest absolute Gasteiger partial charge is 0.493 e. The predicted octanol–water partition coefficient (Wildman–Crippen LogP) is 1.99. The lowest BCUT2D eigenvalue weighted by Gasteiger charge is -2.41. The van der Waals surface area contributed by atoms with Crippen molar-refractivity contribution in [2.45, 2.75) is 64.9 Å². The second-order valence-corrected chi connectivity index (χ2v) is 10.1. The Labute approximate surface area is 220 Å². The van der Waals surface area contributed by atoms with Gasteiger partial charge < -0.3 is 35.0 Å². The minimum absolute atomic E-state index is 0.0915. The fourth-order valence-electron chi connectivity index (χ4n) is 3.97. The molecule has 3 atom stereocenters. The van der Waals surface area contributed by atoms with Gasteiger partial charge in [-0.05, 0) is 58.7 Å². The molecule has 0 radical (unpaired) electrons. The first-order valence-corrected chi connectivity index (χ1v) is 13.0. The van der Waals surface area contributed by atoms with E-state index in [0.717, 1.165) is 6.42 Å². The van der Waals surface area contributed by atoms with Crippen molar-refractivity contribution in [3.05, 3.63) is 32.9 Å². The normalized spacial score (nSPS) is 19.8. The van der Waals surface area contributed by atoms with Crippen LogP contribution in [0.5, 0.6) is 11.5 Å². The summed E-state index contributed by atoms with van der Waals surface area (Å²) in [6, 6.07) is 2.74. The van der Waals surface area contributed by atoms with E-state index in [1.54, 1.807) is 30.0 Å². The molecule has 0 aromatic heterocycles. The molecule has 0 heterocycles. The molecule has 1 aliphatic carbocycles. The summed E-state index contributed by atoms with van der Waals surface area (Å²) in [5.74, 6) is 0.626. The number of hydrogen-bond donors (Lipinski definition) is 4. The Morgan fingerprint density at radius 2 is 2.00 bits per heavy atom. The SMILES string of the molecule is CCC(=O)N(CCC(C)C)[C@@H]1CC(C(=O)NCCO)=C[C@H](Oc2c(I)cc(CO)cc2OC)[C@H]1O.